The van der Waals surface area contributed by atoms with E-state index in [1.165, 1.54) is 6.92 Å². The summed E-state index contributed by atoms with van der Waals surface area (Å²) < 4.78 is 32.0. The van der Waals surface area contributed by atoms with Gasteiger partial charge in [0.1, 0.15) is 12.7 Å². The van der Waals surface area contributed by atoms with E-state index in [9.17, 15) is 24.0 Å². The van der Waals surface area contributed by atoms with Crippen molar-refractivity contribution in [3.05, 3.63) is 0 Å². The van der Waals surface area contributed by atoms with Gasteiger partial charge >= 0.3 is 29.8 Å². The molecule has 5 atom stereocenters. The Kier molecular flexibility index (Phi) is 11.7. The Morgan fingerprint density at radius 1 is 0.719 bits per heavy atom. The molecule has 182 valence electrons. The van der Waals surface area contributed by atoms with E-state index in [-0.39, 0.29) is 26.1 Å². The molecule has 0 bridgehead atoms. The lowest BCUT2D eigenvalue weighted by Gasteiger charge is -2.44. The molecular formula is C21H32O11. The van der Waals surface area contributed by atoms with Crippen molar-refractivity contribution < 1.29 is 52.4 Å². The standard InChI is InChI=1S/C21H32O11/c1-6-7-10-27-18(26)9-8-16-19(29-13(3)23)21(31-15(5)25)20(30-14(4)24)17(32-16)11-28-12(2)22/h16-17,19-21H,6-11H2,1-5H3/t16-,17-,19+,20-,21-/m1/s1. The molecule has 11 heteroatoms. The van der Waals surface area contributed by atoms with Gasteiger partial charge in [-0.1, -0.05) is 13.3 Å². The first kappa shape index (κ1) is 27.3. The zero-order valence-corrected chi connectivity index (χ0v) is 19.1. The van der Waals surface area contributed by atoms with Gasteiger partial charge in [0.15, 0.2) is 18.3 Å². The molecule has 1 aliphatic heterocycles. The highest BCUT2D eigenvalue weighted by Crippen LogP contribution is 2.31. The van der Waals surface area contributed by atoms with Crippen LogP contribution >= 0.6 is 0 Å². The van der Waals surface area contributed by atoms with Gasteiger partial charge in [-0.2, -0.15) is 0 Å². The third kappa shape index (κ3) is 9.63. The summed E-state index contributed by atoms with van der Waals surface area (Å²) >= 11 is 0. The van der Waals surface area contributed by atoms with Gasteiger partial charge in [0.25, 0.3) is 0 Å². The summed E-state index contributed by atoms with van der Waals surface area (Å²) in [6.07, 6.45) is -3.98. The van der Waals surface area contributed by atoms with Crippen LogP contribution in [0.1, 0.15) is 60.3 Å². The predicted octanol–water partition coefficient (Wildman–Crippen LogP) is 1.24. The van der Waals surface area contributed by atoms with Crippen molar-refractivity contribution in [1.82, 2.24) is 0 Å². The van der Waals surface area contributed by atoms with Crippen LogP contribution in [0.5, 0.6) is 0 Å². The van der Waals surface area contributed by atoms with E-state index in [1.54, 1.807) is 0 Å². The average molecular weight is 460 g/mol. The summed E-state index contributed by atoms with van der Waals surface area (Å²) in [5.74, 6) is -3.17. The van der Waals surface area contributed by atoms with Crippen LogP contribution in [0.25, 0.3) is 0 Å². The van der Waals surface area contributed by atoms with Gasteiger partial charge < -0.3 is 28.4 Å². The number of carbonyl (C=O) groups is 5. The minimum atomic E-state index is -1.24. The third-order valence-electron chi connectivity index (χ3n) is 4.48. The molecule has 0 aliphatic carbocycles. The Bertz CT molecular complexity index is 675. The van der Waals surface area contributed by atoms with Crippen LogP contribution in [0.15, 0.2) is 0 Å². The van der Waals surface area contributed by atoms with Gasteiger partial charge in [0, 0.05) is 34.1 Å². The average Bonchev–Trinajstić information content (AvgIpc) is 2.67. The monoisotopic (exact) mass is 460 g/mol. The van der Waals surface area contributed by atoms with Crippen molar-refractivity contribution in [3.63, 3.8) is 0 Å². The fraction of sp³-hybridized carbons (Fsp3) is 0.762. The highest BCUT2D eigenvalue weighted by molar-refractivity contribution is 5.70. The number of ether oxygens (including phenoxy) is 6. The second kappa shape index (κ2) is 13.7. The fourth-order valence-electron chi connectivity index (χ4n) is 3.21. The molecule has 0 amide bonds. The summed E-state index contributed by atoms with van der Waals surface area (Å²) in [6.45, 7) is 6.58. The Morgan fingerprint density at radius 2 is 1.25 bits per heavy atom. The Morgan fingerprint density at radius 3 is 1.75 bits per heavy atom. The first-order valence-corrected chi connectivity index (χ1v) is 10.5. The lowest BCUT2D eigenvalue weighted by molar-refractivity contribution is -0.253. The fourth-order valence-corrected chi connectivity index (χ4v) is 3.21. The normalized spacial score (nSPS) is 24.7. The molecular weight excluding hydrogens is 428 g/mol. The van der Waals surface area contributed by atoms with E-state index in [1.807, 2.05) is 6.92 Å². The second-order valence-corrected chi connectivity index (χ2v) is 7.35. The Labute approximate surface area is 187 Å². The number of unbranched alkanes of at least 4 members (excludes halogenated alkanes) is 1. The molecule has 0 aromatic rings. The smallest absolute Gasteiger partial charge is 0.305 e. The van der Waals surface area contributed by atoms with Crippen LogP contribution in [0.3, 0.4) is 0 Å². The molecule has 0 radical (unpaired) electrons. The molecule has 0 N–H and O–H groups in total. The quantitative estimate of drug-likeness (QED) is 0.250. The van der Waals surface area contributed by atoms with Crippen LogP contribution in [-0.4, -0.2) is 73.6 Å². The Balaban J connectivity index is 3.15. The van der Waals surface area contributed by atoms with Crippen LogP contribution in [0, 0.1) is 0 Å². The van der Waals surface area contributed by atoms with Crippen molar-refractivity contribution in [2.45, 2.75) is 90.8 Å². The molecule has 0 spiro atoms. The van der Waals surface area contributed by atoms with Crippen molar-refractivity contribution in [2.24, 2.45) is 0 Å². The van der Waals surface area contributed by atoms with E-state index in [4.69, 9.17) is 28.4 Å². The van der Waals surface area contributed by atoms with Crippen molar-refractivity contribution in [1.29, 1.82) is 0 Å². The molecule has 1 saturated heterocycles. The summed E-state index contributed by atoms with van der Waals surface area (Å²) in [6, 6.07) is 0. The molecule has 0 saturated carbocycles. The van der Waals surface area contributed by atoms with Gasteiger partial charge in [-0.15, -0.1) is 0 Å². The van der Waals surface area contributed by atoms with E-state index < -0.39 is 60.4 Å². The number of carbonyl (C=O) groups excluding carboxylic acids is 5. The van der Waals surface area contributed by atoms with E-state index in [2.05, 4.69) is 0 Å². The van der Waals surface area contributed by atoms with Gasteiger partial charge in [0.2, 0.25) is 0 Å². The number of hydrogen-bond donors (Lipinski definition) is 0. The topological polar surface area (TPSA) is 141 Å². The minimum Gasteiger partial charge on any atom is -0.466 e. The summed E-state index contributed by atoms with van der Waals surface area (Å²) in [5.41, 5.74) is 0. The number of esters is 5. The van der Waals surface area contributed by atoms with Crippen LogP contribution in [-0.2, 0) is 52.4 Å². The summed E-state index contributed by atoms with van der Waals surface area (Å²) in [7, 11) is 0. The van der Waals surface area contributed by atoms with Crippen molar-refractivity contribution in [3.8, 4) is 0 Å². The van der Waals surface area contributed by atoms with Gasteiger partial charge in [-0.25, -0.2) is 0 Å². The molecule has 1 fully saturated rings. The number of rotatable bonds is 11. The predicted molar refractivity (Wildman–Crippen MR) is 107 cm³/mol. The van der Waals surface area contributed by atoms with Crippen LogP contribution in [0.2, 0.25) is 0 Å². The Hall–Kier alpha value is -2.69. The minimum absolute atomic E-state index is 0.0581. The molecule has 1 rings (SSSR count). The first-order valence-electron chi connectivity index (χ1n) is 10.5. The first-order chi connectivity index (χ1) is 15.0. The van der Waals surface area contributed by atoms with Crippen molar-refractivity contribution in [2.75, 3.05) is 13.2 Å². The summed E-state index contributed by atoms with van der Waals surface area (Å²) in [5, 5.41) is 0. The molecule has 0 aromatic heterocycles. The van der Waals surface area contributed by atoms with E-state index >= 15 is 0 Å². The van der Waals surface area contributed by atoms with Crippen LogP contribution in [0.4, 0.5) is 0 Å². The maximum Gasteiger partial charge on any atom is 0.305 e. The highest BCUT2D eigenvalue weighted by atomic mass is 16.7. The van der Waals surface area contributed by atoms with Gasteiger partial charge in [-0.3, -0.25) is 24.0 Å². The zero-order chi connectivity index (χ0) is 24.3. The van der Waals surface area contributed by atoms with E-state index in [0.717, 1.165) is 33.6 Å². The molecule has 11 nitrogen and oxygen atoms in total. The highest BCUT2D eigenvalue weighted by Gasteiger charge is 2.51. The second-order valence-electron chi connectivity index (χ2n) is 7.35. The number of hydrogen-bond acceptors (Lipinski definition) is 11. The molecule has 0 aromatic carbocycles. The van der Waals surface area contributed by atoms with E-state index in [0.29, 0.717) is 0 Å². The summed E-state index contributed by atoms with van der Waals surface area (Å²) in [4.78, 5) is 58.5. The maximum atomic E-state index is 12.0. The van der Waals surface area contributed by atoms with Gasteiger partial charge in [0.05, 0.1) is 12.7 Å². The molecule has 1 aliphatic rings. The molecule has 1 heterocycles. The third-order valence-corrected chi connectivity index (χ3v) is 4.48. The largest absolute Gasteiger partial charge is 0.466 e. The zero-order valence-electron chi connectivity index (χ0n) is 19.1. The van der Waals surface area contributed by atoms with Crippen molar-refractivity contribution >= 4 is 29.8 Å². The lowest BCUT2D eigenvalue weighted by atomic mass is 9.92. The maximum absolute atomic E-state index is 12.0. The molecule has 0 unspecified atom stereocenters. The lowest BCUT2D eigenvalue weighted by Crippen LogP contribution is -2.62. The molecule has 32 heavy (non-hydrogen) atoms. The SMILES string of the molecule is CCCCOC(=O)CC[C@H]1O[C@H](COC(C)=O)[C@@H](OC(C)=O)[C@H](OC(C)=O)[C@H]1OC(C)=O. The van der Waals surface area contributed by atoms with Crippen LogP contribution < -0.4 is 0 Å². The van der Waals surface area contributed by atoms with Gasteiger partial charge in [-0.05, 0) is 12.8 Å².